The van der Waals surface area contributed by atoms with Gasteiger partial charge in [0.1, 0.15) is 0 Å². The molecule has 1 heterocycles. The van der Waals surface area contributed by atoms with Crippen LogP contribution in [0.2, 0.25) is 0 Å². The van der Waals surface area contributed by atoms with Crippen LogP contribution in [0.4, 0.5) is 5.69 Å². The molecule has 2 aromatic carbocycles. The van der Waals surface area contributed by atoms with Crippen molar-refractivity contribution in [2.24, 2.45) is 5.92 Å². The number of benzene rings is 2. The molecule has 0 unspecified atom stereocenters. The van der Waals surface area contributed by atoms with E-state index in [1.54, 1.807) is 12.1 Å². The first-order chi connectivity index (χ1) is 14.1. The summed E-state index contributed by atoms with van der Waals surface area (Å²) >= 11 is 0. The monoisotopic (exact) mass is 393 g/mol. The molecule has 0 radical (unpaired) electrons. The highest BCUT2D eigenvalue weighted by Crippen LogP contribution is 2.18. The van der Waals surface area contributed by atoms with Crippen molar-refractivity contribution in [1.29, 1.82) is 0 Å². The molecule has 6 heteroatoms. The Labute approximate surface area is 171 Å². The number of anilines is 1. The number of likely N-dealkylation sites (tertiary alicyclic amines) is 1. The molecular formula is C23H27N3O3. The first kappa shape index (κ1) is 20.6. The fourth-order valence-corrected chi connectivity index (χ4v) is 3.48. The lowest BCUT2D eigenvalue weighted by Crippen LogP contribution is -2.44. The van der Waals surface area contributed by atoms with Crippen molar-refractivity contribution in [2.45, 2.75) is 25.7 Å². The van der Waals surface area contributed by atoms with Crippen molar-refractivity contribution >= 4 is 23.4 Å². The maximum absolute atomic E-state index is 12.4. The van der Waals surface area contributed by atoms with Crippen molar-refractivity contribution < 1.29 is 14.4 Å². The number of para-hydroxylation sites is 1. The van der Waals surface area contributed by atoms with Crippen LogP contribution in [0.25, 0.3) is 0 Å². The summed E-state index contributed by atoms with van der Waals surface area (Å²) in [5.41, 5.74) is 1.86. The van der Waals surface area contributed by atoms with Gasteiger partial charge in [-0.2, -0.15) is 0 Å². The molecule has 1 aliphatic heterocycles. The van der Waals surface area contributed by atoms with Gasteiger partial charge in [-0.25, -0.2) is 0 Å². The lowest BCUT2D eigenvalue weighted by atomic mass is 9.95. The number of rotatable bonds is 7. The minimum atomic E-state index is -0.252. The van der Waals surface area contributed by atoms with Crippen LogP contribution in [0.1, 0.15) is 24.8 Å². The molecule has 6 nitrogen and oxygen atoms in total. The zero-order chi connectivity index (χ0) is 20.5. The van der Waals surface area contributed by atoms with Gasteiger partial charge < -0.3 is 15.5 Å². The average Bonchev–Trinajstić information content (AvgIpc) is 2.77. The Bertz CT molecular complexity index is 816. The predicted octanol–water partition coefficient (Wildman–Crippen LogP) is 2.61. The standard InChI is InChI=1S/C23H27N3O3/c27-21(25-20-9-5-2-6-10-20)17-24-23(29)19-13-15-26(16-14-19)22(28)12-11-18-7-3-1-4-8-18/h1-10,19H,11-17H2,(H,24,29)(H,25,27). The van der Waals surface area contributed by atoms with Crippen LogP contribution in [0.3, 0.4) is 0 Å². The third kappa shape index (κ3) is 6.45. The Morgan fingerprint density at radius 2 is 1.52 bits per heavy atom. The van der Waals surface area contributed by atoms with Gasteiger partial charge in [0.15, 0.2) is 0 Å². The molecule has 2 N–H and O–H groups in total. The summed E-state index contributed by atoms with van der Waals surface area (Å²) < 4.78 is 0. The van der Waals surface area contributed by atoms with E-state index >= 15 is 0 Å². The fraction of sp³-hybridized carbons (Fsp3) is 0.348. The van der Waals surface area contributed by atoms with Crippen molar-refractivity contribution in [2.75, 3.05) is 25.0 Å². The van der Waals surface area contributed by atoms with Gasteiger partial charge in [-0.05, 0) is 37.0 Å². The average molecular weight is 393 g/mol. The summed E-state index contributed by atoms with van der Waals surface area (Å²) in [6, 6.07) is 19.1. The lowest BCUT2D eigenvalue weighted by molar-refractivity contribution is -0.135. The SMILES string of the molecule is O=C(CNC(=O)C1CCN(C(=O)CCc2ccccc2)CC1)Nc1ccccc1. The second-order valence-corrected chi connectivity index (χ2v) is 7.27. The van der Waals surface area contributed by atoms with Gasteiger partial charge in [-0.3, -0.25) is 14.4 Å². The van der Waals surface area contributed by atoms with E-state index in [9.17, 15) is 14.4 Å². The van der Waals surface area contributed by atoms with Crippen molar-refractivity contribution in [3.05, 3.63) is 66.2 Å². The molecule has 152 valence electrons. The van der Waals surface area contributed by atoms with Gasteiger partial charge in [0.25, 0.3) is 0 Å². The first-order valence-corrected chi connectivity index (χ1v) is 10.1. The van der Waals surface area contributed by atoms with Crippen molar-refractivity contribution in [3.8, 4) is 0 Å². The number of amides is 3. The number of hydrogen-bond donors (Lipinski definition) is 2. The van der Waals surface area contributed by atoms with Crippen LogP contribution in [0, 0.1) is 5.92 Å². The molecule has 0 spiro atoms. The molecule has 0 atom stereocenters. The number of piperidine rings is 1. The number of aryl methyl sites for hydroxylation is 1. The largest absolute Gasteiger partial charge is 0.347 e. The van der Waals surface area contributed by atoms with E-state index in [-0.39, 0.29) is 30.2 Å². The Morgan fingerprint density at radius 1 is 0.897 bits per heavy atom. The van der Waals surface area contributed by atoms with Crippen molar-refractivity contribution in [3.63, 3.8) is 0 Å². The minimum Gasteiger partial charge on any atom is -0.347 e. The van der Waals surface area contributed by atoms with E-state index in [0.29, 0.717) is 38.0 Å². The van der Waals surface area contributed by atoms with E-state index in [2.05, 4.69) is 10.6 Å². The Morgan fingerprint density at radius 3 is 2.17 bits per heavy atom. The molecule has 0 aliphatic carbocycles. The van der Waals surface area contributed by atoms with Gasteiger partial charge in [0.2, 0.25) is 17.7 Å². The number of carbonyl (C=O) groups is 3. The molecule has 29 heavy (non-hydrogen) atoms. The molecule has 0 bridgehead atoms. The highest BCUT2D eigenvalue weighted by atomic mass is 16.2. The molecule has 2 aromatic rings. The zero-order valence-corrected chi connectivity index (χ0v) is 16.5. The van der Waals surface area contributed by atoms with Gasteiger partial charge >= 0.3 is 0 Å². The second kappa shape index (κ2) is 10.4. The van der Waals surface area contributed by atoms with Crippen LogP contribution in [-0.4, -0.2) is 42.3 Å². The third-order valence-electron chi connectivity index (χ3n) is 5.17. The van der Waals surface area contributed by atoms with E-state index in [4.69, 9.17) is 0 Å². The van der Waals surface area contributed by atoms with Crippen LogP contribution < -0.4 is 10.6 Å². The second-order valence-electron chi connectivity index (χ2n) is 7.27. The summed E-state index contributed by atoms with van der Waals surface area (Å²) in [7, 11) is 0. The Balaban J connectivity index is 1.35. The minimum absolute atomic E-state index is 0.0516. The molecule has 0 aromatic heterocycles. The Kier molecular flexibility index (Phi) is 7.39. The highest BCUT2D eigenvalue weighted by Gasteiger charge is 2.27. The predicted molar refractivity (Wildman–Crippen MR) is 112 cm³/mol. The van der Waals surface area contributed by atoms with Crippen LogP contribution >= 0.6 is 0 Å². The van der Waals surface area contributed by atoms with Crippen LogP contribution in [0.5, 0.6) is 0 Å². The molecule has 1 saturated heterocycles. The molecule has 1 fully saturated rings. The van der Waals surface area contributed by atoms with E-state index in [1.165, 1.54) is 0 Å². The molecule has 3 amide bonds. The first-order valence-electron chi connectivity index (χ1n) is 10.1. The van der Waals surface area contributed by atoms with Gasteiger partial charge in [-0.1, -0.05) is 48.5 Å². The number of nitrogens with zero attached hydrogens (tertiary/aromatic N) is 1. The number of nitrogens with one attached hydrogen (secondary N) is 2. The molecule has 1 aliphatic rings. The van der Waals surface area contributed by atoms with E-state index in [1.807, 2.05) is 53.4 Å². The van der Waals surface area contributed by atoms with Crippen LogP contribution in [-0.2, 0) is 20.8 Å². The molecule has 3 rings (SSSR count). The van der Waals surface area contributed by atoms with Crippen molar-refractivity contribution in [1.82, 2.24) is 10.2 Å². The summed E-state index contributed by atoms with van der Waals surface area (Å²) in [5.74, 6) is -0.393. The highest BCUT2D eigenvalue weighted by molar-refractivity contribution is 5.94. The van der Waals surface area contributed by atoms with Crippen LogP contribution in [0.15, 0.2) is 60.7 Å². The smallest absolute Gasteiger partial charge is 0.243 e. The van der Waals surface area contributed by atoms with E-state index in [0.717, 1.165) is 12.0 Å². The lowest BCUT2D eigenvalue weighted by Gasteiger charge is -2.31. The maximum Gasteiger partial charge on any atom is 0.243 e. The maximum atomic E-state index is 12.4. The Hall–Kier alpha value is -3.15. The summed E-state index contributed by atoms with van der Waals surface area (Å²) in [5, 5.41) is 5.45. The van der Waals surface area contributed by atoms with Gasteiger partial charge in [0.05, 0.1) is 6.54 Å². The number of carbonyl (C=O) groups excluding carboxylic acids is 3. The summed E-state index contributed by atoms with van der Waals surface area (Å²) in [4.78, 5) is 38.5. The summed E-state index contributed by atoms with van der Waals surface area (Å²) in [6.07, 6.45) is 2.48. The number of hydrogen-bond acceptors (Lipinski definition) is 3. The van der Waals surface area contributed by atoms with Gasteiger partial charge in [-0.15, -0.1) is 0 Å². The fourth-order valence-electron chi connectivity index (χ4n) is 3.48. The zero-order valence-electron chi connectivity index (χ0n) is 16.5. The van der Waals surface area contributed by atoms with E-state index < -0.39 is 0 Å². The quantitative estimate of drug-likeness (QED) is 0.759. The molecular weight excluding hydrogens is 366 g/mol. The third-order valence-corrected chi connectivity index (χ3v) is 5.17. The molecule has 0 saturated carbocycles. The normalized spacial score (nSPS) is 14.3. The topological polar surface area (TPSA) is 78.5 Å². The van der Waals surface area contributed by atoms with Gasteiger partial charge in [0, 0.05) is 31.1 Å². The summed E-state index contributed by atoms with van der Waals surface area (Å²) in [6.45, 7) is 1.12.